The lowest BCUT2D eigenvalue weighted by molar-refractivity contribution is -0.121. The number of ether oxygens (including phenoxy) is 1. The van der Waals surface area contributed by atoms with Crippen LogP contribution in [0.3, 0.4) is 0 Å². The maximum Gasteiger partial charge on any atom is 0.254 e. The Hall–Kier alpha value is -2.58. The number of rotatable bonds is 8. The molecule has 182 valence electrons. The third-order valence-electron chi connectivity index (χ3n) is 6.90. The maximum atomic E-state index is 13.2. The predicted molar refractivity (Wildman–Crippen MR) is 139 cm³/mol. The molecule has 0 atom stereocenters. The topological polar surface area (TPSA) is 82.7 Å². The third-order valence-corrected chi connectivity index (χ3v) is 7.61. The number of fused-ring (bicyclic) bond motifs is 1. The van der Waals surface area contributed by atoms with Gasteiger partial charge in [0.25, 0.3) is 5.91 Å². The van der Waals surface area contributed by atoms with Gasteiger partial charge in [-0.25, -0.2) is 0 Å². The Labute approximate surface area is 209 Å². The Kier molecular flexibility index (Phi) is 7.78. The van der Waals surface area contributed by atoms with Crippen LogP contribution in [0.4, 0.5) is 11.4 Å². The number of carbonyl (C=O) groups excluding carboxylic acids is 2. The van der Waals surface area contributed by atoms with Crippen LogP contribution in [0.15, 0.2) is 34.8 Å². The Morgan fingerprint density at radius 2 is 1.88 bits per heavy atom. The molecule has 0 radical (unpaired) electrons. The van der Waals surface area contributed by atoms with Crippen molar-refractivity contribution in [3.05, 3.63) is 51.5 Å². The minimum Gasteiger partial charge on any atom is -0.496 e. The Morgan fingerprint density at radius 3 is 2.59 bits per heavy atom. The molecule has 0 aromatic heterocycles. The maximum absolute atomic E-state index is 13.2. The van der Waals surface area contributed by atoms with Gasteiger partial charge in [0.05, 0.1) is 7.11 Å². The first-order chi connectivity index (χ1) is 16.4. The number of halogens is 1. The number of benzene rings is 2. The van der Waals surface area contributed by atoms with E-state index in [0.717, 1.165) is 77.1 Å². The lowest BCUT2D eigenvalue weighted by atomic mass is 9.84. The second-order valence-electron chi connectivity index (χ2n) is 9.13. The first-order valence-corrected chi connectivity index (χ1v) is 12.7. The van der Waals surface area contributed by atoms with Crippen molar-refractivity contribution in [1.29, 1.82) is 0 Å². The molecule has 2 aromatic rings. The molecular weight excluding hydrogens is 496 g/mol. The normalized spacial score (nSPS) is 19.6. The van der Waals surface area contributed by atoms with E-state index in [0.29, 0.717) is 6.54 Å². The smallest absolute Gasteiger partial charge is 0.254 e. The van der Waals surface area contributed by atoms with Crippen LogP contribution in [-0.4, -0.2) is 50.0 Å². The van der Waals surface area contributed by atoms with Crippen LogP contribution < -0.4 is 20.7 Å². The summed E-state index contributed by atoms with van der Waals surface area (Å²) < 4.78 is 6.33. The quantitative estimate of drug-likeness (QED) is 0.437. The number of nitrogens with one attached hydrogen (secondary N) is 3. The number of nitrogens with zero attached hydrogens (tertiary/aromatic N) is 1. The number of anilines is 2. The van der Waals surface area contributed by atoms with Gasteiger partial charge in [-0.05, 0) is 69.0 Å². The fraction of sp³-hybridized carbons (Fsp3) is 0.462. The van der Waals surface area contributed by atoms with E-state index in [-0.39, 0.29) is 23.8 Å². The van der Waals surface area contributed by atoms with Crippen molar-refractivity contribution in [2.75, 3.05) is 37.9 Å². The van der Waals surface area contributed by atoms with Crippen molar-refractivity contribution in [3.63, 3.8) is 0 Å². The number of amides is 2. The third kappa shape index (κ3) is 5.23. The Morgan fingerprint density at radius 1 is 1.12 bits per heavy atom. The van der Waals surface area contributed by atoms with Crippen LogP contribution in [0, 0.1) is 12.8 Å². The molecule has 0 saturated heterocycles. The van der Waals surface area contributed by atoms with Crippen LogP contribution in [0.5, 0.6) is 5.75 Å². The van der Waals surface area contributed by atoms with Gasteiger partial charge in [0.1, 0.15) is 5.75 Å². The Bertz CT molecular complexity index is 1070. The van der Waals surface area contributed by atoms with Gasteiger partial charge >= 0.3 is 0 Å². The molecule has 0 unspecified atom stereocenters. The number of hydrogen-bond donors (Lipinski definition) is 3. The van der Waals surface area contributed by atoms with Crippen molar-refractivity contribution >= 4 is 39.1 Å². The van der Waals surface area contributed by atoms with Gasteiger partial charge in [-0.2, -0.15) is 0 Å². The SMILES string of the molecule is CNCCNc1cc(Br)c2c(c1)C(=O)N(C1CCC(C(=O)Nc3ccc(C)c(OC)c3)CC1)C2. The molecule has 34 heavy (non-hydrogen) atoms. The largest absolute Gasteiger partial charge is 0.496 e. The summed E-state index contributed by atoms with van der Waals surface area (Å²) in [6.07, 6.45) is 3.22. The lowest BCUT2D eigenvalue weighted by Gasteiger charge is -2.34. The molecule has 1 saturated carbocycles. The van der Waals surface area contributed by atoms with E-state index in [9.17, 15) is 9.59 Å². The zero-order valence-corrected chi connectivity index (χ0v) is 21.6. The van der Waals surface area contributed by atoms with E-state index >= 15 is 0 Å². The second-order valence-corrected chi connectivity index (χ2v) is 9.98. The standard InChI is InChI=1S/C26H33BrN4O3/c1-16-4-7-18(14-24(16)34-3)30-25(32)17-5-8-20(9-6-17)31-15-22-21(26(31)33)12-19(13-23(22)27)29-11-10-28-2/h4,7,12-14,17,20,28-29H,5-6,8-11,15H2,1-3H3,(H,30,32). The molecule has 1 fully saturated rings. The monoisotopic (exact) mass is 528 g/mol. The van der Waals surface area contributed by atoms with Crippen LogP contribution in [0.1, 0.15) is 47.2 Å². The summed E-state index contributed by atoms with van der Waals surface area (Å²) in [5.74, 6) is 0.853. The summed E-state index contributed by atoms with van der Waals surface area (Å²) in [5.41, 5.74) is 4.56. The minimum atomic E-state index is -0.0432. The number of aryl methyl sites for hydroxylation is 1. The van der Waals surface area contributed by atoms with Gasteiger partial charge in [-0.3, -0.25) is 9.59 Å². The van der Waals surface area contributed by atoms with E-state index in [1.807, 2.05) is 49.2 Å². The van der Waals surface area contributed by atoms with Crippen molar-refractivity contribution in [2.24, 2.45) is 5.92 Å². The minimum absolute atomic E-state index is 0.0421. The van der Waals surface area contributed by atoms with E-state index in [4.69, 9.17) is 4.74 Å². The van der Waals surface area contributed by atoms with E-state index in [1.165, 1.54) is 0 Å². The molecule has 7 nitrogen and oxygen atoms in total. The summed E-state index contributed by atoms with van der Waals surface area (Å²) in [5, 5.41) is 9.51. The van der Waals surface area contributed by atoms with E-state index in [2.05, 4.69) is 31.9 Å². The number of hydrogen-bond acceptors (Lipinski definition) is 5. The summed E-state index contributed by atoms with van der Waals surface area (Å²) in [7, 11) is 3.55. The molecule has 1 aliphatic carbocycles. The summed E-state index contributed by atoms with van der Waals surface area (Å²) in [6.45, 7) is 4.24. The van der Waals surface area contributed by atoms with Gasteiger partial charge in [0.2, 0.25) is 5.91 Å². The molecular formula is C26H33BrN4O3. The molecule has 8 heteroatoms. The summed E-state index contributed by atoms with van der Waals surface area (Å²) in [4.78, 5) is 28.1. The molecule has 4 rings (SSSR count). The first kappa shape index (κ1) is 24.5. The highest BCUT2D eigenvalue weighted by Gasteiger charge is 2.37. The van der Waals surface area contributed by atoms with Crippen LogP contribution in [-0.2, 0) is 11.3 Å². The van der Waals surface area contributed by atoms with Crippen molar-refractivity contribution in [1.82, 2.24) is 10.2 Å². The zero-order chi connectivity index (χ0) is 24.2. The lowest BCUT2D eigenvalue weighted by Crippen LogP contribution is -2.40. The van der Waals surface area contributed by atoms with Gasteiger partial charge in [-0.15, -0.1) is 0 Å². The average molecular weight is 529 g/mol. The van der Waals surface area contributed by atoms with Gasteiger partial charge < -0.3 is 25.6 Å². The molecule has 2 aromatic carbocycles. The summed E-state index contributed by atoms with van der Waals surface area (Å²) >= 11 is 3.66. The number of likely N-dealkylation sites (N-methyl/N-ethyl adjacent to an activating group) is 1. The molecule has 3 N–H and O–H groups in total. The molecule has 0 bridgehead atoms. The van der Waals surface area contributed by atoms with Crippen molar-refractivity contribution < 1.29 is 14.3 Å². The van der Waals surface area contributed by atoms with E-state index in [1.54, 1.807) is 7.11 Å². The fourth-order valence-electron chi connectivity index (χ4n) is 4.91. The van der Waals surface area contributed by atoms with Crippen molar-refractivity contribution in [3.8, 4) is 5.75 Å². The Balaban J connectivity index is 1.35. The second kappa shape index (κ2) is 10.8. The highest BCUT2D eigenvalue weighted by molar-refractivity contribution is 9.10. The molecule has 1 heterocycles. The number of methoxy groups -OCH3 is 1. The highest BCUT2D eigenvalue weighted by atomic mass is 79.9. The van der Waals surface area contributed by atoms with Crippen molar-refractivity contribution in [2.45, 2.75) is 45.2 Å². The molecule has 0 spiro atoms. The van der Waals surface area contributed by atoms with Crippen LogP contribution in [0.2, 0.25) is 0 Å². The summed E-state index contributed by atoms with van der Waals surface area (Å²) in [6, 6.07) is 9.89. The van der Waals surface area contributed by atoms with Crippen LogP contribution in [0.25, 0.3) is 0 Å². The fourth-order valence-corrected chi connectivity index (χ4v) is 5.49. The average Bonchev–Trinajstić information content (AvgIpc) is 3.17. The van der Waals surface area contributed by atoms with E-state index < -0.39 is 0 Å². The molecule has 2 amide bonds. The van der Waals surface area contributed by atoms with Gasteiger partial charge in [0, 0.05) is 59.1 Å². The molecule has 2 aliphatic rings. The zero-order valence-electron chi connectivity index (χ0n) is 20.0. The van der Waals surface area contributed by atoms with Gasteiger partial charge in [-0.1, -0.05) is 22.0 Å². The number of carbonyl (C=O) groups is 2. The molecule has 1 aliphatic heterocycles. The van der Waals surface area contributed by atoms with Crippen LogP contribution >= 0.6 is 15.9 Å². The predicted octanol–water partition coefficient (Wildman–Crippen LogP) is 4.55. The highest BCUT2D eigenvalue weighted by Crippen LogP contribution is 2.37. The first-order valence-electron chi connectivity index (χ1n) is 11.9. The van der Waals surface area contributed by atoms with Gasteiger partial charge in [0.15, 0.2) is 0 Å².